The van der Waals surface area contributed by atoms with Crippen LogP contribution in [0.25, 0.3) is 0 Å². The summed E-state index contributed by atoms with van der Waals surface area (Å²) in [7, 11) is -3.70. The summed E-state index contributed by atoms with van der Waals surface area (Å²) in [6, 6.07) is 6.69. The van der Waals surface area contributed by atoms with E-state index in [0.29, 0.717) is 5.56 Å². The van der Waals surface area contributed by atoms with Crippen LogP contribution < -0.4 is 15.8 Å². The van der Waals surface area contributed by atoms with Crippen LogP contribution in [0.3, 0.4) is 0 Å². The van der Waals surface area contributed by atoms with Gasteiger partial charge in [0.1, 0.15) is 0 Å². The first-order valence-electron chi connectivity index (χ1n) is 6.10. The van der Waals surface area contributed by atoms with Crippen molar-refractivity contribution in [3.63, 3.8) is 0 Å². The van der Waals surface area contributed by atoms with Gasteiger partial charge in [-0.05, 0) is 24.5 Å². The zero-order valence-electron chi connectivity index (χ0n) is 10.4. The van der Waals surface area contributed by atoms with Gasteiger partial charge in [0.15, 0.2) is 0 Å². The number of sulfonamides is 1. The molecule has 0 aromatic heterocycles. The Balaban J connectivity index is 2.02. The van der Waals surface area contributed by atoms with Crippen molar-refractivity contribution < 1.29 is 13.2 Å². The van der Waals surface area contributed by atoms with Gasteiger partial charge in [-0.3, -0.25) is 4.79 Å². The Morgan fingerprint density at radius 1 is 1.32 bits per heavy atom. The molecule has 0 bridgehead atoms. The normalized spacial score (nSPS) is 15.2. The number of hydrogen-bond acceptors (Lipinski definition) is 4. The quantitative estimate of drug-likeness (QED) is 0.667. The van der Waals surface area contributed by atoms with E-state index < -0.39 is 10.0 Å². The number of benzene rings is 1. The van der Waals surface area contributed by atoms with Gasteiger partial charge in [-0.15, -0.1) is 0 Å². The molecule has 0 radical (unpaired) electrons. The predicted molar refractivity (Wildman–Crippen MR) is 70.7 cm³/mol. The molecule has 19 heavy (non-hydrogen) atoms. The van der Waals surface area contributed by atoms with E-state index in [9.17, 15) is 13.2 Å². The second-order valence-electron chi connectivity index (χ2n) is 4.48. The highest BCUT2D eigenvalue weighted by Gasteiger charge is 2.24. The topological polar surface area (TPSA) is 101 Å². The van der Waals surface area contributed by atoms with Crippen molar-refractivity contribution in [3.05, 3.63) is 29.8 Å². The molecule has 4 N–H and O–H groups in total. The largest absolute Gasteiger partial charge is 0.352 e. The van der Waals surface area contributed by atoms with Gasteiger partial charge in [0, 0.05) is 12.6 Å². The fourth-order valence-electron chi connectivity index (χ4n) is 1.68. The molecule has 0 heterocycles. The summed E-state index contributed by atoms with van der Waals surface area (Å²) in [6.07, 6.45) is 1.93. The number of carbonyl (C=O) groups is 1. The molecule has 0 aliphatic heterocycles. The molecule has 1 aliphatic carbocycles. The van der Waals surface area contributed by atoms with Crippen molar-refractivity contribution >= 4 is 15.9 Å². The highest BCUT2D eigenvalue weighted by Crippen LogP contribution is 2.18. The van der Waals surface area contributed by atoms with Crippen molar-refractivity contribution in [2.75, 3.05) is 6.54 Å². The molecule has 1 aromatic carbocycles. The fraction of sp³-hybridized carbons (Fsp3) is 0.417. The Hall–Kier alpha value is -1.44. The van der Waals surface area contributed by atoms with Crippen molar-refractivity contribution in [2.45, 2.75) is 30.3 Å². The molecule has 1 fully saturated rings. The van der Waals surface area contributed by atoms with Crippen LogP contribution in [0.4, 0.5) is 0 Å². The number of rotatable bonds is 6. The average Bonchev–Trinajstić information content (AvgIpc) is 3.20. The first-order valence-corrected chi connectivity index (χ1v) is 7.58. The van der Waals surface area contributed by atoms with Gasteiger partial charge in [-0.2, -0.15) is 0 Å². The van der Waals surface area contributed by atoms with Crippen LogP contribution in [0.2, 0.25) is 0 Å². The summed E-state index contributed by atoms with van der Waals surface area (Å²) in [6.45, 7) is -0.122. The van der Waals surface area contributed by atoms with Gasteiger partial charge in [-0.1, -0.05) is 18.2 Å². The van der Waals surface area contributed by atoms with E-state index >= 15 is 0 Å². The van der Waals surface area contributed by atoms with E-state index in [-0.39, 0.29) is 29.9 Å². The molecular weight excluding hydrogens is 266 g/mol. The smallest absolute Gasteiger partial charge is 0.241 e. The molecule has 104 valence electrons. The minimum absolute atomic E-state index is 0.122. The third-order valence-corrected chi connectivity index (χ3v) is 4.35. The lowest BCUT2D eigenvalue weighted by atomic mass is 10.2. The first-order chi connectivity index (χ1) is 9.03. The molecule has 1 amide bonds. The van der Waals surface area contributed by atoms with E-state index in [1.54, 1.807) is 18.2 Å². The average molecular weight is 283 g/mol. The molecule has 0 spiro atoms. The van der Waals surface area contributed by atoms with Crippen molar-refractivity contribution in [3.8, 4) is 0 Å². The third-order valence-electron chi connectivity index (χ3n) is 2.85. The number of amides is 1. The van der Waals surface area contributed by atoms with Crippen LogP contribution >= 0.6 is 0 Å². The van der Waals surface area contributed by atoms with Crippen LogP contribution in [-0.4, -0.2) is 26.9 Å². The van der Waals surface area contributed by atoms with Gasteiger partial charge in [0.2, 0.25) is 15.9 Å². The van der Waals surface area contributed by atoms with E-state index in [1.165, 1.54) is 6.07 Å². The minimum atomic E-state index is -3.70. The molecule has 0 unspecified atom stereocenters. The molecule has 7 heteroatoms. The second-order valence-corrected chi connectivity index (χ2v) is 6.21. The second kappa shape index (κ2) is 5.68. The number of nitrogens with one attached hydrogen (secondary N) is 2. The summed E-state index contributed by atoms with van der Waals surface area (Å²) in [4.78, 5) is 11.6. The highest BCUT2D eigenvalue weighted by molar-refractivity contribution is 7.89. The van der Waals surface area contributed by atoms with E-state index in [1.807, 2.05) is 0 Å². The fourth-order valence-corrected chi connectivity index (χ4v) is 2.91. The molecule has 0 atom stereocenters. The van der Waals surface area contributed by atoms with Crippen molar-refractivity contribution in [1.29, 1.82) is 0 Å². The van der Waals surface area contributed by atoms with Crippen LogP contribution in [0.15, 0.2) is 29.2 Å². The Labute approximate surface area is 112 Å². The maximum atomic E-state index is 12.1. The zero-order valence-corrected chi connectivity index (χ0v) is 11.2. The Morgan fingerprint density at radius 3 is 2.63 bits per heavy atom. The third kappa shape index (κ3) is 3.76. The standard InChI is InChI=1S/C12H17N3O3S/c13-7-9-3-1-2-4-11(9)19(17,18)14-8-12(16)15-10-5-6-10/h1-4,10,14H,5-8,13H2,(H,15,16). The van der Waals surface area contributed by atoms with Crippen molar-refractivity contribution in [2.24, 2.45) is 5.73 Å². The molecule has 1 aromatic rings. The Bertz CT molecular complexity index is 567. The van der Waals surface area contributed by atoms with Gasteiger partial charge in [0.25, 0.3) is 0 Å². The lowest BCUT2D eigenvalue weighted by Crippen LogP contribution is -2.38. The highest BCUT2D eigenvalue weighted by atomic mass is 32.2. The summed E-state index contributed by atoms with van der Waals surface area (Å²) in [5, 5.41) is 2.72. The first kappa shape index (κ1) is 14.0. The number of nitrogens with two attached hydrogens (primary N) is 1. The zero-order chi connectivity index (χ0) is 13.9. The molecule has 0 saturated heterocycles. The maximum absolute atomic E-state index is 12.1. The molecule has 6 nitrogen and oxygen atoms in total. The SMILES string of the molecule is NCc1ccccc1S(=O)(=O)NCC(=O)NC1CC1. The van der Waals surface area contributed by atoms with Gasteiger partial charge in [0.05, 0.1) is 11.4 Å². The summed E-state index contributed by atoms with van der Waals surface area (Å²) in [5.74, 6) is -0.309. The van der Waals surface area contributed by atoms with Gasteiger partial charge >= 0.3 is 0 Å². The summed E-state index contributed by atoms with van der Waals surface area (Å²) < 4.78 is 26.4. The lowest BCUT2D eigenvalue weighted by molar-refractivity contribution is -0.120. The van der Waals surface area contributed by atoms with Crippen LogP contribution in [-0.2, 0) is 21.4 Å². The summed E-state index contributed by atoms with van der Waals surface area (Å²) in [5.41, 5.74) is 6.03. The van der Waals surface area contributed by atoms with E-state index in [2.05, 4.69) is 10.0 Å². The molecular formula is C12H17N3O3S. The van der Waals surface area contributed by atoms with Crippen LogP contribution in [0.5, 0.6) is 0 Å². The monoisotopic (exact) mass is 283 g/mol. The van der Waals surface area contributed by atoms with Gasteiger partial charge in [-0.25, -0.2) is 13.1 Å². The van der Waals surface area contributed by atoms with Crippen LogP contribution in [0.1, 0.15) is 18.4 Å². The molecule has 2 rings (SSSR count). The minimum Gasteiger partial charge on any atom is -0.352 e. The maximum Gasteiger partial charge on any atom is 0.241 e. The lowest BCUT2D eigenvalue weighted by Gasteiger charge is -2.10. The Kier molecular flexibility index (Phi) is 4.18. The molecule has 1 aliphatic rings. The Morgan fingerprint density at radius 2 is 2.00 bits per heavy atom. The van der Waals surface area contributed by atoms with Crippen molar-refractivity contribution in [1.82, 2.24) is 10.0 Å². The summed E-state index contributed by atoms with van der Waals surface area (Å²) >= 11 is 0. The predicted octanol–water partition coefficient (Wildman–Crippen LogP) is -0.298. The number of hydrogen-bond donors (Lipinski definition) is 3. The van der Waals surface area contributed by atoms with Gasteiger partial charge < -0.3 is 11.1 Å². The molecule has 1 saturated carbocycles. The van der Waals surface area contributed by atoms with Crippen LogP contribution in [0, 0.1) is 0 Å². The van der Waals surface area contributed by atoms with E-state index in [0.717, 1.165) is 12.8 Å². The number of carbonyl (C=O) groups excluding carboxylic acids is 1. The van der Waals surface area contributed by atoms with E-state index in [4.69, 9.17) is 5.73 Å².